The van der Waals surface area contributed by atoms with Gasteiger partial charge in [-0.3, -0.25) is 19.1 Å². The lowest BCUT2D eigenvalue weighted by Crippen LogP contribution is -2.33. The number of allylic oxidation sites excluding steroid dienone is 1. The minimum atomic E-state index is -0.116. The number of fused-ring (bicyclic) bond motifs is 1. The molecule has 0 unspecified atom stereocenters. The number of pyridine rings is 1. The van der Waals surface area contributed by atoms with Crippen molar-refractivity contribution in [2.24, 2.45) is 12.0 Å². The number of hydrogen-bond acceptors (Lipinski definition) is 7. The number of thiazole rings is 1. The molecule has 4 heterocycles. The van der Waals surface area contributed by atoms with Gasteiger partial charge >= 0.3 is 5.82 Å². The summed E-state index contributed by atoms with van der Waals surface area (Å²) < 4.78 is 4.88. The van der Waals surface area contributed by atoms with Crippen molar-refractivity contribution in [1.82, 2.24) is 9.47 Å². The van der Waals surface area contributed by atoms with Gasteiger partial charge < -0.3 is 4.90 Å². The van der Waals surface area contributed by atoms with Gasteiger partial charge in [0.15, 0.2) is 0 Å². The second-order valence-electron chi connectivity index (χ2n) is 8.17. The largest absolute Gasteiger partial charge is 0.338 e. The third-order valence-corrected chi connectivity index (χ3v) is 9.51. The molecule has 0 N–H and O–H groups in total. The maximum atomic E-state index is 13.4. The molecule has 0 radical (unpaired) electrons. The van der Waals surface area contributed by atoms with Crippen LogP contribution in [-0.2, 0) is 18.4 Å². The third kappa shape index (κ3) is 4.33. The van der Waals surface area contributed by atoms with E-state index in [2.05, 4.69) is 17.0 Å². The van der Waals surface area contributed by atoms with E-state index in [9.17, 15) is 9.59 Å². The SMILES string of the molecule is CCN1C(=O)C(=c2sc(=CC=C3Sc4ccccc4N3C)c(=O)n2CC)SC1=Nc1cccc[n+]1C. The standard InChI is InChI=1S/C26H26N5O2S3/c1-5-30-23(32)19(14-15-21-29(4)17-11-7-8-12-18(17)34-21)35-25(30)22-24(33)31(6-2)26(36-22)27-20-13-9-10-16-28(20)3/h7-16H,5-6H2,1-4H3/q+1. The summed E-state index contributed by atoms with van der Waals surface area (Å²) in [7, 11) is 3.95. The molecule has 1 fully saturated rings. The number of anilines is 1. The number of carbonyl (C=O) groups excluding carboxylic acids is 1. The highest BCUT2D eigenvalue weighted by Crippen LogP contribution is 2.44. The Morgan fingerprint density at radius 2 is 1.78 bits per heavy atom. The fourth-order valence-corrected chi connectivity index (χ4v) is 7.41. The molecule has 0 bridgehead atoms. The van der Waals surface area contributed by atoms with Gasteiger partial charge in [0, 0.05) is 31.1 Å². The Balaban J connectivity index is 1.58. The van der Waals surface area contributed by atoms with Gasteiger partial charge in [0.1, 0.15) is 9.57 Å². The van der Waals surface area contributed by atoms with Crippen LogP contribution in [0, 0.1) is 0 Å². The zero-order chi connectivity index (χ0) is 25.4. The molecule has 2 aromatic heterocycles. The number of amides is 1. The molecular weight excluding hydrogens is 511 g/mol. The molecule has 1 aromatic carbocycles. The molecule has 0 spiro atoms. The minimum Gasteiger partial charge on any atom is -0.338 e. The van der Waals surface area contributed by atoms with E-state index < -0.39 is 0 Å². The summed E-state index contributed by atoms with van der Waals surface area (Å²) in [5.41, 5.74) is 1.07. The molecule has 1 amide bonds. The Morgan fingerprint density at radius 3 is 2.50 bits per heavy atom. The molecular formula is C26H26N5O2S3+. The van der Waals surface area contributed by atoms with Crippen LogP contribution in [0.5, 0.6) is 0 Å². The van der Waals surface area contributed by atoms with Crippen LogP contribution in [0.15, 0.2) is 74.4 Å². The van der Waals surface area contributed by atoms with E-state index in [-0.39, 0.29) is 11.5 Å². The molecule has 36 heavy (non-hydrogen) atoms. The van der Waals surface area contributed by atoms with Crippen molar-refractivity contribution in [3.63, 3.8) is 0 Å². The maximum Gasteiger partial charge on any atom is 0.326 e. The van der Waals surface area contributed by atoms with Crippen LogP contribution in [0.3, 0.4) is 0 Å². The number of aliphatic imine (C=N–C) groups is 1. The highest BCUT2D eigenvalue weighted by Gasteiger charge is 2.38. The number of para-hydroxylation sites is 1. The van der Waals surface area contributed by atoms with Gasteiger partial charge in [-0.1, -0.05) is 30.0 Å². The molecule has 2 aliphatic rings. The molecule has 0 aliphatic carbocycles. The van der Waals surface area contributed by atoms with Crippen molar-refractivity contribution in [1.29, 1.82) is 0 Å². The van der Waals surface area contributed by atoms with E-state index in [0.29, 0.717) is 32.4 Å². The monoisotopic (exact) mass is 536 g/mol. The first-order chi connectivity index (χ1) is 17.4. The summed E-state index contributed by atoms with van der Waals surface area (Å²) >= 11 is 4.38. The van der Waals surface area contributed by atoms with Gasteiger partial charge in [-0.15, -0.1) is 11.3 Å². The molecule has 0 atom stereocenters. The summed E-state index contributed by atoms with van der Waals surface area (Å²) in [5.74, 6) is 0.640. The van der Waals surface area contributed by atoms with Crippen LogP contribution in [0.2, 0.25) is 0 Å². The summed E-state index contributed by atoms with van der Waals surface area (Å²) in [5, 5.41) is 1.67. The van der Waals surface area contributed by atoms with E-state index in [1.54, 1.807) is 21.2 Å². The van der Waals surface area contributed by atoms with E-state index in [1.807, 2.05) is 81.2 Å². The van der Waals surface area contributed by atoms with Crippen molar-refractivity contribution in [3.05, 3.63) is 79.3 Å². The van der Waals surface area contributed by atoms with Crippen molar-refractivity contribution in [2.75, 3.05) is 18.5 Å². The fraction of sp³-hybridized carbons (Fsp3) is 0.231. The van der Waals surface area contributed by atoms with Crippen LogP contribution >= 0.6 is 34.9 Å². The number of benzene rings is 1. The summed E-state index contributed by atoms with van der Waals surface area (Å²) in [6.07, 6.45) is 5.77. The Kier molecular flexibility index (Phi) is 6.92. The minimum absolute atomic E-state index is 0.0821. The van der Waals surface area contributed by atoms with Crippen molar-refractivity contribution < 1.29 is 9.36 Å². The summed E-state index contributed by atoms with van der Waals surface area (Å²) in [4.78, 5) is 36.9. The lowest BCUT2D eigenvalue weighted by Gasteiger charge is -2.12. The van der Waals surface area contributed by atoms with Crippen LogP contribution in [0.25, 0.3) is 11.0 Å². The third-order valence-electron chi connectivity index (χ3n) is 5.98. The van der Waals surface area contributed by atoms with Crippen LogP contribution in [-0.4, -0.2) is 34.1 Å². The highest BCUT2D eigenvalue weighted by atomic mass is 32.2. The number of aromatic nitrogens is 2. The lowest BCUT2D eigenvalue weighted by molar-refractivity contribution is -0.658. The molecule has 184 valence electrons. The van der Waals surface area contributed by atoms with E-state index in [4.69, 9.17) is 4.99 Å². The molecule has 10 heteroatoms. The second-order valence-corrected chi connectivity index (χ2v) is 11.2. The number of thioether (sulfide) groups is 2. The normalized spacial score (nSPS) is 19.8. The van der Waals surface area contributed by atoms with Gasteiger partial charge in [-0.2, -0.15) is 0 Å². The topological polar surface area (TPSA) is 61.8 Å². The fourth-order valence-electron chi connectivity index (χ4n) is 4.03. The first kappa shape index (κ1) is 24.6. The summed E-state index contributed by atoms with van der Waals surface area (Å²) in [6.45, 7) is 4.85. The molecule has 0 saturated carbocycles. The molecule has 3 aromatic rings. The van der Waals surface area contributed by atoms with Gasteiger partial charge in [-0.25, -0.2) is 4.57 Å². The quantitative estimate of drug-likeness (QED) is 0.480. The van der Waals surface area contributed by atoms with Crippen molar-refractivity contribution >= 4 is 68.4 Å². The van der Waals surface area contributed by atoms with E-state index in [0.717, 1.165) is 16.5 Å². The first-order valence-corrected chi connectivity index (χ1v) is 14.1. The highest BCUT2D eigenvalue weighted by molar-refractivity contribution is 8.23. The molecule has 1 saturated heterocycles. The Morgan fingerprint density at radius 1 is 1.00 bits per heavy atom. The first-order valence-electron chi connectivity index (χ1n) is 11.6. The second kappa shape index (κ2) is 10.1. The van der Waals surface area contributed by atoms with Crippen molar-refractivity contribution in [2.45, 2.75) is 25.3 Å². The number of carbonyl (C=O) groups is 1. The van der Waals surface area contributed by atoms with Crippen LogP contribution in [0.1, 0.15) is 13.8 Å². The van der Waals surface area contributed by atoms with Gasteiger partial charge in [0.25, 0.3) is 16.6 Å². The van der Waals surface area contributed by atoms with Crippen molar-refractivity contribution in [3.8, 4) is 0 Å². The number of nitrogens with zero attached hydrogens (tertiary/aromatic N) is 5. The Hall–Kier alpha value is -3.08. The smallest absolute Gasteiger partial charge is 0.326 e. The average Bonchev–Trinajstić information content (AvgIpc) is 3.49. The van der Waals surface area contributed by atoms with Crippen LogP contribution in [0.4, 0.5) is 11.5 Å². The van der Waals surface area contributed by atoms with Gasteiger partial charge in [0.05, 0.1) is 28.5 Å². The summed E-state index contributed by atoms with van der Waals surface area (Å²) in [6, 6.07) is 14.0. The predicted molar refractivity (Wildman–Crippen MR) is 150 cm³/mol. The van der Waals surface area contributed by atoms with Crippen LogP contribution < -0.4 is 24.2 Å². The molecule has 7 nitrogen and oxygen atoms in total. The Bertz CT molecular complexity index is 1600. The average molecular weight is 537 g/mol. The number of hydrogen-bond donors (Lipinski definition) is 0. The van der Waals surface area contributed by atoms with E-state index >= 15 is 0 Å². The number of aryl methyl sites for hydroxylation is 1. The zero-order valence-electron chi connectivity index (χ0n) is 20.5. The maximum absolute atomic E-state index is 13.4. The van der Waals surface area contributed by atoms with E-state index in [1.165, 1.54) is 28.0 Å². The number of rotatable bonds is 4. The number of amidine groups is 1. The van der Waals surface area contributed by atoms with Gasteiger partial charge in [0.2, 0.25) is 0 Å². The molecule has 5 rings (SSSR count). The molecule has 2 aliphatic heterocycles. The zero-order valence-corrected chi connectivity index (χ0v) is 22.9. The Labute approximate surface area is 221 Å². The lowest BCUT2D eigenvalue weighted by atomic mass is 10.3. The predicted octanol–water partition coefficient (Wildman–Crippen LogP) is 3.01. The van der Waals surface area contributed by atoms with Gasteiger partial charge in [-0.05, 0) is 61.0 Å².